The van der Waals surface area contributed by atoms with E-state index >= 15 is 0 Å². The van der Waals surface area contributed by atoms with Gasteiger partial charge in [0, 0.05) is 12.1 Å². The number of amides is 1. The molecule has 1 amide bonds. The van der Waals surface area contributed by atoms with Crippen molar-refractivity contribution in [1.29, 1.82) is 0 Å². The Morgan fingerprint density at radius 1 is 1.05 bits per heavy atom. The Kier molecular flexibility index (Phi) is 6.29. The molecule has 1 rings (SSSR count). The fourth-order valence-electron chi connectivity index (χ4n) is 2.09. The highest BCUT2D eigenvalue weighted by molar-refractivity contribution is 5.69. The fourth-order valence-corrected chi connectivity index (χ4v) is 2.09. The van der Waals surface area contributed by atoms with E-state index in [2.05, 4.69) is 0 Å². The van der Waals surface area contributed by atoms with Gasteiger partial charge in [0.15, 0.2) is 0 Å². The van der Waals surface area contributed by atoms with Crippen LogP contribution < -0.4 is 0 Å². The average Bonchev–Trinajstić information content (AvgIpc) is 2.36. The lowest BCUT2D eigenvalue weighted by atomic mass is 10.2. The number of rotatable bonds is 5. The van der Waals surface area contributed by atoms with Gasteiger partial charge in [-0.2, -0.15) is 0 Å². The molecular formula is C17H25NO2. The number of hydrogen-bond acceptors (Lipinski definition) is 2. The van der Waals surface area contributed by atoms with Crippen LogP contribution >= 0.6 is 0 Å². The van der Waals surface area contributed by atoms with Crippen LogP contribution in [0, 0.1) is 0 Å². The molecule has 0 aliphatic carbocycles. The van der Waals surface area contributed by atoms with Crippen molar-refractivity contribution in [2.45, 2.75) is 52.8 Å². The van der Waals surface area contributed by atoms with Gasteiger partial charge < -0.3 is 9.64 Å². The lowest BCUT2D eigenvalue weighted by Crippen LogP contribution is -2.43. The molecule has 0 aromatic heterocycles. The summed E-state index contributed by atoms with van der Waals surface area (Å²) < 4.78 is 5.46. The van der Waals surface area contributed by atoms with Gasteiger partial charge in [0.2, 0.25) is 0 Å². The monoisotopic (exact) mass is 275 g/mol. The van der Waals surface area contributed by atoms with E-state index in [1.807, 2.05) is 77.1 Å². The maximum absolute atomic E-state index is 12.1. The van der Waals surface area contributed by atoms with Crippen molar-refractivity contribution in [2.24, 2.45) is 0 Å². The lowest BCUT2D eigenvalue weighted by molar-refractivity contribution is 0.0655. The molecule has 0 N–H and O–H groups in total. The first kappa shape index (κ1) is 16.3. The molecule has 0 unspecified atom stereocenters. The van der Waals surface area contributed by atoms with Gasteiger partial charge >= 0.3 is 6.09 Å². The van der Waals surface area contributed by atoms with Crippen LogP contribution in [-0.4, -0.2) is 29.2 Å². The number of benzene rings is 1. The summed E-state index contributed by atoms with van der Waals surface area (Å²) in [6, 6.07) is 10.2. The van der Waals surface area contributed by atoms with Crippen LogP contribution in [0.3, 0.4) is 0 Å². The zero-order valence-electron chi connectivity index (χ0n) is 13.0. The van der Waals surface area contributed by atoms with E-state index in [-0.39, 0.29) is 24.3 Å². The predicted octanol–water partition coefficient (Wildman–Crippen LogP) is 4.34. The van der Waals surface area contributed by atoms with Gasteiger partial charge in [0.1, 0.15) is 6.10 Å². The van der Waals surface area contributed by atoms with Crippen molar-refractivity contribution in [3.05, 3.63) is 42.0 Å². The van der Waals surface area contributed by atoms with E-state index in [1.54, 1.807) is 4.90 Å². The molecule has 110 valence electrons. The van der Waals surface area contributed by atoms with E-state index in [0.717, 1.165) is 5.56 Å². The molecule has 0 heterocycles. The third-order valence-corrected chi connectivity index (χ3v) is 2.97. The van der Waals surface area contributed by atoms with Crippen LogP contribution in [0.15, 0.2) is 36.4 Å². The molecule has 3 nitrogen and oxygen atoms in total. The third-order valence-electron chi connectivity index (χ3n) is 2.97. The highest BCUT2D eigenvalue weighted by Gasteiger charge is 2.22. The van der Waals surface area contributed by atoms with Crippen LogP contribution in [0.4, 0.5) is 4.79 Å². The maximum atomic E-state index is 12.1. The average molecular weight is 275 g/mol. The molecule has 0 aliphatic rings. The molecule has 0 bridgehead atoms. The third kappa shape index (κ3) is 5.08. The van der Waals surface area contributed by atoms with Crippen LogP contribution in [-0.2, 0) is 4.74 Å². The second-order valence-electron chi connectivity index (χ2n) is 5.45. The minimum absolute atomic E-state index is 0.132. The van der Waals surface area contributed by atoms with E-state index < -0.39 is 0 Å². The van der Waals surface area contributed by atoms with Gasteiger partial charge in [-0.1, -0.05) is 36.4 Å². The minimum atomic E-state index is -0.264. The smallest absolute Gasteiger partial charge is 0.410 e. The molecular weight excluding hydrogens is 250 g/mol. The second-order valence-corrected chi connectivity index (χ2v) is 5.45. The Balaban J connectivity index is 2.59. The first-order chi connectivity index (χ1) is 9.41. The van der Waals surface area contributed by atoms with Crippen molar-refractivity contribution >= 4 is 12.2 Å². The molecule has 0 saturated heterocycles. The molecule has 0 radical (unpaired) electrons. The van der Waals surface area contributed by atoms with E-state index in [1.165, 1.54) is 0 Å². The first-order valence-corrected chi connectivity index (χ1v) is 7.14. The normalized spacial score (nSPS) is 12.9. The Hall–Kier alpha value is -1.77. The second kappa shape index (κ2) is 7.73. The zero-order chi connectivity index (χ0) is 15.1. The van der Waals surface area contributed by atoms with Crippen molar-refractivity contribution in [3.8, 4) is 0 Å². The van der Waals surface area contributed by atoms with Crippen molar-refractivity contribution in [2.75, 3.05) is 0 Å². The lowest BCUT2D eigenvalue weighted by Gasteiger charge is -2.30. The molecule has 3 heteroatoms. The topological polar surface area (TPSA) is 29.5 Å². The summed E-state index contributed by atoms with van der Waals surface area (Å²) in [5, 5.41) is 0. The van der Waals surface area contributed by atoms with Gasteiger partial charge in [0.25, 0.3) is 0 Å². The van der Waals surface area contributed by atoms with Crippen LogP contribution in [0.25, 0.3) is 6.08 Å². The van der Waals surface area contributed by atoms with Crippen molar-refractivity contribution in [1.82, 2.24) is 4.90 Å². The fraction of sp³-hybridized carbons (Fsp3) is 0.471. The van der Waals surface area contributed by atoms with E-state index in [9.17, 15) is 4.79 Å². The Bertz CT molecular complexity index is 430. The minimum Gasteiger partial charge on any atom is -0.442 e. The molecule has 1 aromatic rings. The Morgan fingerprint density at radius 3 is 2.10 bits per heavy atom. The molecule has 0 fully saturated rings. The molecule has 0 aliphatic heterocycles. The summed E-state index contributed by atoms with van der Waals surface area (Å²) in [5.74, 6) is 0. The summed E-state index contributed by atoms with van der Waals surface area (Å²) in [4.78, 5) is 13.9. The zero-order valence-corrected chi connectivity index (χ0v) is 13.0. The van der Waals surface area contributed by atoms with Gasteiger partial charge in [-0.3, -0.25) is 0 Å². The van der Waals surface area contributed by atoms with Crippen molar-refractivity contribution < 1.29 is 9.53 Å². The Morgan fingerprint density at radius 2 is 1.60 bits per heavy atom. The SMILES string of the molecule is CC(C)N(C(=O)O[C@@H](C)/C=C\c1ccccc1)C(C)C. The summed E-state index contributed by atoms with van der Waals surface area (Å²) >= 11 is 0. The van der Waals surface area contributed by atoms with Gasteiger partial charge in [-0.05, 0) is 46.3 Å². The number of hydrogen-bond donors (Lipinski definition) is 0. The number of carbonyl (C=O) groups is 1. The first-order valence-electron chi connectivity index (χ1n) is 7.14. The van der Waals surface area contributed by atoms with Gasteiger partial charge in [-0.15, -0.1) is 0 Å². The quantitative estimate of drug-likeness (QED) is 0.799. The summed E-state index contributed by atoms with van der Waals surface area (Å²) in [6.07, 6.45) is 3.35. The van der Waals surface area contributed by atoms with E-state index in [4.69, 9.17) is 4.74 Å². The number of nitrogens with zero attached hydrogens (tertiary/aromatic N) is 1. The van der Waals surface area contributed by atoms with E-state index in [0.29, 0.717) is 0 Å². The van der Waals surface area contributed by atoms with Crippen LogP contribution in [0.1, 0.15) is 40.2 Å². The van der Waals surface area contributed by atoms with Gasteiger partial charge in [-0.25, -0.2) is 4.79 Å². The highest BCUT2D eigenvalue weighted by Crippen LogP contribution is 2.10. The summed E-state index contributed by atoms with van der Waals surface area (Å²) in [7, 11) is 0. The molecule has 0 saturated carbocycles. The van der Waals surface area contributed by atoms with Crippen LogP contribution in [0.5, 0.6) is 0 Å². The summed E-state index contributed by atoms with van der Waals surface area (Å²) in [6.45, 7) is 9.84. The summed E-state index contributed by atoms with van der Waals surface area (Å²) in [5.41, 5.74) is 1.10. The number of ether oxygens (including phenoxy) is 1. The van der Waals surface area contributed by atoms with Gasteiger partial charge in [0.05, 0.1) is 0 Å². The maximum Gasteiger partial charge on any atom is 0.410 e. The Labute approximate surface area is 122 Å². The molecule has 1 aromatic carbocycles. The largest absolute Gasteiger partial charge is 0.442 e. The molecule has 20 heavy (non-hydrogen) atoms. The standard InChI is InChI=1S/C17H25NO2/c1-13(2)18(14(3)4)17(19)20-15(5)11-12-16-9-7-6-8-10-16/h6-15H,1-5H3/b12-11-/t15-/m0/s1. The van der Waals surface area contributed by atoms with Crippen molar-refractivity contribution in [3.63, 3.8) is 0 Å². The molecule has 0 spiro atoms. The highest BCUT2D eigenvalue weighted by atomic mass is 16.6. The molecule has 1 atom stereocenters. The number of carbonyl (C=O) groups excluding carboxylic acids is 1. The van der Waals surface area contributed by atoms with Crippen LogP contribution in [0.2, 0.25) is 0 Å². The predicted molar refractivity (Wildman–Crippen MR) is 83.5 cm³/mol.